The number of sulfonamides is 1. The third-order valence-corrected chi connectivity index (χ3v) is 7.02. The fraction of sp³-hybridized carbons (Fsp3) is 0.368. The fourth-order valence-electron chi connectivity index (χ4n) is 3.94. The summed E-state index contributed by atoms with van der Waals surface area (Å²) in [7, 11) is -1.28. The maximum absolute atomic E-state index is 13.5. The van der Waals surface area contributed by atoms with Crippen LogP contribution in [0.3, 0.4) is 0 Å². The van der Waals surface area contributed by atoms with Crippen molar-refractivity contribution >= 4 is 27.6 Å². The van der Waals surface area contributed by atoms with Crippen LogP contribution in [0.1, 0.15) is 10.5 Å². The number of anilines is 1. The van der Waals surface area contributed by atoms with Gasteiger partial charge in [0.25, 0.3) is 5.91 Å². The molecule has 3 heterocycles. The van der Waals surface area contributed by atoms with E-state index in [1.54, 1.807) is 0 Å². The second-order valence-electron chi connectivity index (χ2n) is 7.75. The number of amides is 3. The molecule has 1 aromatic heterocycles. The van der Waals surface area contributed by atoms with Crippen molar-refractivity contribution in [2.75, 3.05) is 32.1 Å². The van der Waals surface area contributed by atoms with Crippen LogP contribution in [0.25, 0.3) is 0 Å². The highest BCUT2D eigenvalue weighted by Gasteiger charge is 2.42. The topological polar surface area (TPSA) is 122 Å². The minimum Gasteiger partial charge on any atom is -0.489 e. The molecule has 1 aromatic carbocycles. The molecular weight excluding hydrogens is 467 g/mol. The number of hydrogen-bond donors (Lipinski definition) is 3. The monoisotopic (exact) mass is 487 g/mol. The molecule has 0 spiro atoms. The molecule has 3 amide bonds. The summed E-state index contributed by atoms with van der Waals surface area (Å²) in [5, 5.41) is 4.70. The van der Waals surface area contributed by atoms with Gasteiger partial charge in [-0.25, -0.2) is 31.1 Å². The average Bonchev–Trinajstić information content (AvgIpc) is 3.29. The Bertz CT molecular complexity index is 1230. The molecule has 2 unspecified atom stereocenters. The van der Waals surface area contributed by atoms with E-state index in [4.69, 9.17) is 4.74 Å². The van der Waals surface area contributed by atoms with E-state index in [-0.39, 0.29) is 53.7 Å². The van der Waals surface area contributed by atoms with Crippen LogP contribution in [0.4, 0.5) is 23.7 Å². The van der Waals surface area contributed by atoms with Crippen molar-refractivity contribution in [3.63, 3.8) is 0 Å². The number of carbonyl (C=O) groups is 2. The van der Waals surface area contributed by atoms with E-state index in [2.05, 4.69) is 15.4 Å². The van der Waals surface area contributed by atoms with E-state index in [0.717, 1.165) is 0 Å². The fourth-order valence-corrected chi connectivity index (χ4v) is 5.43. The van der Waals surface area contributed by atoms with Gasteiger partial charge in [-0.15, -0.1) is 0 Å². The molecule has 10 nitrogen and oxygen atoms in total. The summed E-state index contributed by atoms with van der Waals surface area (Å²) in [6, 6.07) is 0.234. The number of hydrogen-bond acceptors (Lipinski definition) is 5. The molecule has 2 atom stereocenters. The van der Waals surface area contributed by atoms with Crippen LogP contribution in [0.5, 0.6) is 5.75 Å². The van der Waals surface area contributed by atoms with Gasteiger partial charge < -0.3 is 24.8 Å². The van der Waals surface area contributed by atoms with Crippen molar-refractivity contribution in [1.29, 1.82) is 0 Å². The van der Waals surface area contributed by atoms with E-state index >= 15 is 0 Å². The molecule has 2 aromatic rings. The van der Waals surface area contributed by atoms with Crippen LogP contribution in [-0.4, -0.2) is 62.6 Å². The van der Waals surface area contributed by atoms with Gasteiger partial charge in [0, 0.05) is 63.2 Å². The molecule has 0 aliphatic carbocycles. The van der Waals surface area contributed by atoms with Gasteiger partial charge in [-0.1, -0.05) is 0 Å². The summed E-state index contributed by atoms with van der Waals surface area (Å²) in [5.41, 5.74) is -0.588. The molecule has 1 saturated heterocycles. The van der Waals surface area contributed by atoms with Crippen LogP contribution < -0.4 is 20.1 Å². The van der Waals surface area contributed by atoms with Crippen molar-refractivity contribution in [3.8, 4) is 5.75 Å². The predicted octanol–water partition coefficient (Wildman–Crippen LogP) is 1.01. The first-order chi connectivity index (χ1) is 15.5. The Balaban J connectivity index is 1.66. The van der Waals surface area contributed by atoms with Crippen molar-refractivity contribution in [2.24, 2.45) is 13.0 Å². The lowest BCUT2D eigenvalue weighted by Crippen LogP contribution is -2.44. The highest BCUT2D eigenvalue weighted by molar-refractivity contribution is 7.89. The van der Waals surface area contributed by atoms with Gasteiger partial charge in [0.05, 0.1) is 6.61 Å². The van der Waals surface area contributed by atoms with Crippen LogP contribution >= 0.6 is 0 Å². The van der Waals surface area contributed by atoms with E-state index < -0.39 is 39.4 Å². The van der Waals surface area contributed by atoms with E-state index in [1.807, 2.05) is 0 Å². The van der Waals surface area contributed by atoms with Crippen LogP contribution in [0.2, 0.25) is 0 Å². The third kappa shape index (κ3) is 4.11. The molecule has 2 aliphatic rings. The van der Waals surface area contributed by atoms with Gasteiger partial charge in [0.1, 0.15) is 4.90 Å². The normalized spacial score (nSPS) is 21.3. The number of aryl methyl sites for hydroxylation is 1. The number of rotatable bonds is 2. The minimum atomic E-state index is -4.14. The quantitative estimate of drug-likeness (QED) is 0.546. The maximum Gasteiger partial charge on any atom is 0.317 e. The summed E-state index contributed by atoms with van der Waals surface area (Å²) in [5.74, 6) is -6.24. The molecule has 0 radical (unpaired) electrons. The van der Waals surface area contributed by atoms with Gasteiger partial charge in [-0.3, -0.25) is 4.79 Å². The Kier molecular flexibility index (Phi) is 5.74. The first-order valence-electron chi connectivity index (χ1n) is 9.78. The number of carbonyl (C=O) groups excluding carboxylic acids is 2. The number of benzene rings is 1. The van der Waals surface area contributed by atoms with Gasteiger partial charge in [0.2, 0.25) is 10.0 Å². The molecule has 14 heteroatoms. The molecule has 3 N–H and O–H groups in total. The van der Waals surface area contributed by atoms with Gasteiger partial charge in [-0.05, 0) is 0 Å². The van der Waals surface area contributed by atoms with Gasteiger partial charge in [-0.2, -0.15) is 0 Å². The predicted molar refractivity (Wildman–Crippen MR) is 109 cm³/mol. The molecule has 2 aliphatic heterocycles. The number of ether oxygens (including phenoxy) is 1. The smallest absolute Gasteiger partial charge is 0.317 e. The van der Waals surface area contributed by atoms with E-state index in [1.165, 1.54) is 29.8 Å². The average molecular weight is 487 g/mol. The standard InChI is InChI=1S/C19H20F3N5O5S/c1-23-19(29)27-5-9-8-32-17-14(33(30,31)25-13(9)6-27)7-26(2)16(17)18(28)24-10-3-11(20)15(22)12(21)4-10/h3-4,7,9,13,25H,5-6,8H2,1-2H3,(H,23,29)(H,24,28). The van der Waals surface area contributed by atoms with Crippen LogP contribution in [0, 0.1) is 23.4 Å². The number of halogens is 3. The van der Waals surface area contributed by atoms with Crippen molar-refractivity contribution < 1.29 is 35.9 Å². The minimum absolute atomic E-state index is 0.00220. The molecule has 178 valence electrons. The van der Waals surface area contributed by atoms with Crippen LogP contribution in [-0.2, 0) is 17.1 Å². The first kappa shape index (κ1) is 22.9. The second-order valence-corrected chi connectivity index (χ2v) is 9.43. The Morgan fingerprint density at radius 1 is 1.18 bits per heavy atom. The summed E-state index contributed by atoms with van der Waals surface area (Å²) in [6.45, 7) is 0.368. The SMILES string of the molecule is CNC(=O)N1CC2COc3c(cn(C)c3C(=O)Nc3cc(F)c(F)c(F)c3)S(=O)(=O)NC2C1. The van der Waals surface area contributed by atoms with Gasteiger partial charge in [0.15, 0.2) is 28.9 Å². The molecular formula is C19H20F3N5O5S. The summed E-state index contributed by atoms with van der Waals surface area (Å²) in [6.07, 6.45) is 1.17. The van der Waals surface area contributed by atoms with Gasteiger partial charge >= 0.3 is 6.03 Å². The number of nitrogens with one attached hydrogen (secondary N) is 3. The van der Waals surface area contributed by atoms with Crippen molar-refractivity contribution in [3.05, 3.63) is 41.5 Å². The molecule has 0 bridgehead atoms. The third-order valence-electron chi connectivity index (χ3n) is 5.54. The lowest BCUT2D eigenvalue weighted by atomic mass is 10.1. The number of nitrogens with zero attached hydrogens (tertiary/aromatic N) is 2. The largest absolute Gasteiger partial charge is 0.489 e. The second kappa shape index (κ2) is 8.26. The van der Waals surface area contributed by atoms with Crippen molar-refractivity contribution in [1.82, 2.24) is 19.5 Å². The summed E-state index contributed by atoms with van der Waals surface area (Å²) >= 11 is 0. The number of likely N-dealkylation sites (tertiary alicyclic amines) is 1. The lowest BCUT2D eigenvalue weighted by Gasteiger charge is -2.23. The highest BCUT2D eigenvalue weighted by Crippen LogP contribution is 2.34. The Labute approximate surface area is 186 Å². The zero-order valence-electron chi connectivity index (χ0n) is 17.5. The Morgan fingerprint density at radius 3 is 2.48 bits per heavy atom. The van der Waals surface area contributed by atoms with Crippen LogP contribution in [0.15, 0.2) is 23.2 Å². The molecule has 1 fully saturated rings. The molecule has 0 saturated carbocycles. The van der Waals surface area contributed by atoms with E-state index in [0.29, 0.717) is 12.1 Å². The Morgan fingerprint density at radius 2 is 1.85 bits per heavy atom. The highest BCUT2D eigenvalue weighted by atomic mass is 32.2. The summed E-state index contributed by atoms with van der Waals surface area (Å²) in [4.78, 5) is 26.0. The first-order valence-corrected chi connectivity index (χ1v) is 11.3. The zero-order chi connectivity index (χ0) is 24.1. The van der Waals surface area contributed by atoms with E-state index in [9.17, 15) is 31.2 Å². The Hall–Kier alpha value is -3.26. The lowest BCUT2D eigenvalue weighted by molar-refractivity contribution is 0.101. The zero-order valence-corrected chi connectivity index (χ0v) is 18.3. The molecule has 33 heavy (non-hydrogen) atoms. The summed E-state index contributed by atoms with van der Waals surface area (Å²) < 4.78 is 75.7. The maximum atomic E-state index is 13.5. The number of fused-ring (bicyclic) bond motifs is 2. The number of urea groups is 1. The molecule has 4 rings (SSSR count). The van der Waals surface area contributed by atoms with Crippen molar-refractivity contribution in [2.45, 2.75) is 10.9 Å². The number of aromatic nitrogens is 1.